The molecule has 1 aliphatic carbocycles. The summed E-state index contributed by atoms with van der Waals surface area (Å²) in [5.74, 6) is 0.883. The molecule has 1 fully saturated rings. The van der Waals surface area contributed by atoms with Crippen molar-refractivity contribution in [3.05, 3.63) is 23.8 Å². The number of nitrogens with zero attached hydrogens (tertiary/aromatic N) is 1. The fourth-order valence-electron chi connectivity index (χ4n) is 3.13. The predicted molar refractivity (Wildman–Crippen MR) is 83.7 cm³/mol. The van der Waals surface area contributed by atoms with Gasteiger partial charge in [-0.25, -0.2) is 0 Å². The van der Waals surface area contributed by atoms with Gasteiger partial charge >= 0.3 is 0 Å². The van der Waals surface area contributed by atoms with Crippen LogP contribution in [0, 0.1) is 0 Å². The molecule has 1 aromatic rings. The lowest BCUT2D eigenvalue weighted by atomic mass is 9.81. The van der Waals surface area contributed by atoms with Gasteiger partial charge in [0, 0.05) is 25.8 Å². The minimum atomic E-state index is -0.443. The zero-order valence-electron chi connectivity index (χ0n) is 13.0. The normalized spacial score (nSPS) is 17.8. The molecule has 112 valence electrons. The Hall–Kier alpha value is -1.22. The maximum Gasteiger partial charge on any atom is 0.120 e. The minimum Gasteiger partial charge on any atom is -0.497 e. The number of aryl methyl sites for hydroxylation is 1. The topological polar surface area (TPSA) is 32.7 Å². The molecule has 1 aliphatic rings. The molecule has 0 amide bonds. The third kappa shape index (κ3) is 3.66. The second-order valence-corrected chi connectivity index (χ2v) is 6.17. The van der Waals surface area contributed by atoms with Crippen molar-refractivity contribution in [1.82, 2.24) is 0 Å². The number of methoxy groups -OCH3 is 1. The fraction of sp³-hybridized carbons (Fsp3) is 0.647. The van der Waals surface area contributed by atoms with Crippen LogP contribution in [0.15, 0.2) is 18.2 Å². The highest BCUT2D eigenvalue weighted by Crippen LogP contribution is 2.34. The van der Waals surface area contributed by atoms with E-state index in [9.17, 15) is 5.11 Å². The van der Waals surface area contributed by atoms with Gasteiger partial charge in [-0.2, -0.15) is 0 Å². The average molecular weight is 277 g/mol. The summed E-state index contributed by atoms with van der Waals surface area (Å²) in [5.41, 5.74) is 2.03. The average Bonchev–Trinajstić information content (AvgIpc) is 2.45. The molecule has 1 aromatic carbocycles. The zero-order valence-corrected chi connectivity index (χ0v) is 13.0. The quantitative estimate of drug-likeness (QED) is 0.895. The fourth-order valence-corrected chi connectivity index (χ4v) is 3.13. The number of hydrogen-bond donors (Lipinski definition) is 1. The van der Waals surface area contributed by atoms with Crippen molar-refractivity contribution in [2.45, 2.75) is 50.5 Å². The van der Waals surface area contributed by atoms with Crippen molar-refractivity contribution in [2.24, 2.45) is 0 Å². The maximum atomic E-state index is 10.6. The van der Waals surface area contributed by atoms with E-state index in [-0.39, 0.29) is 0 Å². The number of ether oxygens (including phenoxy) is 1. The smallest absolute Gasteiger partial charge is 0.120 e. The Morgan fingerprint density at radius 3 is 2.50 bits per heavy atom. The lowest BCUT2D eigenvalue weighted by Gasteiger charge is -2.32. The second-order valence-electron chi connectivity index (χ2n) is 6.17. The highest BCUT2D eigenvalue weighted by molar-refractivity contribution is 5.56. The molecule has 0 aliphatic heterocycles. The first kappa shape index (κ1) is 15.2. The minimum absolute atomic E-state index is 0.443. The molecule has 3 heteroatoms. The van der Waals surface area contributed by atoms with Crippen LogP contribution in [0.25, 0.3) is 0 Å². The Bertz CT molecular complexity index is 437. The molecule has 0 saturated heterocycles. The van der Waals surface area contributed by atoms with Crippen LogP contribution < -0.4 is 9.64 Å². The standard InChI is InChI=1S/C17H27NO2/c1-18(2)16-13-15(20-3)8-7-14(16)9-12-17(19)10-5-4-6-11-17/h7-8,13,19H,4-6,9-12H2,1-3H3. The van der Waals surface area contributed by atoms with E-state index in [1.807, 2.05) is 20.2 Å². The van der Waals surface area contributed by atoms with Gasteiger partial charge in [0.05, 0.1) is 12.7 Å². The molecule has 0 atom stereocenters. The molecule has 1 N–H and O–H groups in total. The summed E-state index contributed by atoms with van der Waals surface area (Å²) >= 11 is 0. The molecule has 0 bridgehead atoms. The van der Waals surface area contributed by atoms with Crippen LogP contribution in [0.3, 0.4) is 0 Å². The molecule has 3 nitrogen and oxygen atoms in total. The van der Waals surface area contributed by atoms with Crippen LogP contribution in [0.4, 0.5) is 5.69 Å². The van der Waals surface area contributed by atoms with Crippen LogP contribution in [-0.2, 0) is 6.42 Å². The summed E-state index contributed by atoms with van der Waals surface area (Å²) in [4.78, 5) is 2.11. The van der Waals surface area contributed by atoms with Gasteiger partial charge in [-0.05, 0) is 37.3 Å². The first-order valence-electron chi connectivity index (χ1n) is 7.61. The van der Waals surface area contributed by atoms with Gasteiger partial charge in [0.25, 0.3) is 0 Å². The zero-order chi connectivity index (χ0) is 14.6. The van der Waals surface area contributed by atoms with Crippen LogP contribution >= 0.6 is 0 Å². The Balaban J connectivity index is 2.08. The van der Waals surface area contributed by atoms with E-state index in [4.69, 9.17) is 4.74 Å². The predicted octanol–water partition coefficient (Wildman–Crippen LogP) is 3.39. The number of hydrogen-bond acceptors (Lipinski definition) is 3. The third-order valence-corrected chi connectivity index (χ3v) is 4.42. The molecular formula is C17H27NO2. The second kappa shape index (κ2) is 6.49. The summed E-state index contributed by atoms with van der Waals surface area (Å²) in [5, 5.41) is 10.6. The highest BCUT2D eigenvalue weighted by atomic mass is 16.5. The van der Waals surface area contributed by atoms with Crippen LogP contribution in [0.5, 0.6) is 5.75 Å². The Morgan fingerprint density at radius 2 is 1.90 bits per heavy atom. The molecule has 0 aromatic heterocycles. The van der Waals surface area contributed by atoms with Crippen LogP contribution in [0.2, 0.25) is 0 Å². The molecular weight excluding hydrogens is 250 g/mol. The number of aliphatic hydroxyl groups is 1. The van der Waals surface area contributed by atoms with Gasteiger partial charge in [-0.3, -0.25) is 0 Å². The van der Waals surface area contributed by atoms with Gasteiger partial charge in [-0.15, -0.1) is 0 Å². The SMILES string of the molecule is COc1ccc(CCC2(O)CCCCC2)c(N(C)C)c1. The monoisotopic (exact) mass is 277 g/mol. The van der Waals surface area contributed by atoms with E-state index in [1.165, 1.54) is 30.5 Å². The Morgan fingerprint density at radius 1 is 1.20 bits per heavy atom. The summed E-state index contributed by atoms with van der Waals surface area (Å²) in [6.07, 6.45) is 7.31. The summed E-state index contributed by atoms with van der Waals surface area (Å²) in [6, 6.07) is 6.20. The third-order valence-electron chi connectivity index (χ3n) is 4.42. The highest BCUT2D eigenvalue weighted by Gasteiger charge is 2.28. The Labute approximate surface area is 122 Å². The van der Waals surface area contributed by atoms with E-state index in [1.54, 1.807) is 7.11 Å². The van der Waals surface area contributed by atoms with Gasteiger partial charge in [-0.1, -0.05) is 25.3 Å². The van der Waals surface area contributed by atoms with Crippen LogP contribution in [-0.4, -0.2) is 31.9 Å². The van der Waals surface area contributed by atoms with Crippen molar-refractivity contribution < 1.29 is 9.84 Å². The number of benzene rings is 1. The first-order valence-corrected chi connectivity index (χ1v) is 7.61. The molecule has 0 radical (unpaired) electrons. The maximum absolute atomic E-state index is 10.6. The first-order chi connectivity index (χ1) is 9.54. The molecule has 1 saturated carbocycles. The van der Waals surface area contributed by atoms with Crippen LogP contribution in [0.1, 0.15) is 44.1 Å². The van der Waals surface area contributed by atoms with Gasteiger partial charge in [0.15, 0.2) is 0 Å². The lowest BCUT2D eigenvalue weighted by Crippen LogP contribution is -2.31. The van der Waals surface area contributed by atoms with E-state index < -0.39 is 5.60 Å². The summed E-state index contributed by atoms with van der Waals surface area (Å²) in [6.45, 7) is 0. The van der Waals surface area contributed by atoms with Gasteiger partial charge in [0.2, 0.25) is 0 Å². The molecule has 2 rings (SSSR count). The van der Waals surface area contributed by atoms with E-state index in [2.05, 4.69) is 17.0 Å². The Kier molecular flexibility index (Phi) is 4.92. The summed E-state index contributed by atoms with van der Waals surface area (Å²) in [7, 11) is 5.79. The van der Waals surface area contributed by atoms with Gasteiger partial charge in [0.1, 0.15) is 5.75 Å². The van der Waals surface area contributed by atoms with E-state index in [0.717, 1.165) is 31.4 Å². The molecule has 0 spiro atoms. The van der Waals surface area contributed by atoms with E-state index >= 15 is 0 Å². The van der Waals surface area contributed by atoms with Crippen molar-refractivity contribution in [2.75, 3.05) is 26.1 Å². The van der Waals surface area contributed by atoms with Crippen molar-refractivity contribution in [1.29, 1.82) is 0 Å². The van der Waals surface area contributed by atoms with Crippen molar-refractivity contribution in [3.8, 4) is 5.75 Å². The van der Waals surface area contributed by atoms with Crippen molar-refractivity contribution >= 4 is 5.69 Å². The summed E-state index contributed by atoms with van der Waals surface area (Å²) < 4.78 is 5.30. The number of anilines is 1. The molecule has 0 unspecified atom stereocenters. The molecule has 20 heavy (non-hydrogen) atoms. The largest absolute Gasteiger partial charge is 0.497 e. The van der Waals surface area contributed by atoms with Crippen molar-refractivity contribution in [3.63, 3.8) is 0 Å². The van der Waals surface area contributed by atoms with Gasteiger partial charge < -0.3 is 14.7 Å². The van der Waals surface area contributed by atoms with E-state index in [0.29, 0.717) is 0 Å². The lowest BCUT2D eigenvalue weighted by molar-refractivity contribution is -0.00339. The molecule has 0 heterocycles. The number of rotatable bonds is 5.